The third-order valence-corrected chi connectivity index (χ3v) is 5.60. The normalized spacial score (nSPS) is 15.6. The van der Waals surface area contributed by atoms with Crippen molar-refractivity contribution in [2.24, 2.45) is 0 Å². The van der Waals surface area contributed by atoms with Crippen molar-refractivity contribution in [3.8, 4) is 0 Å². The summed E-state index contributed by atoms with van der Waals surface area (Å²) >= 11 is 3.50. The first-order valence-corrected chi connectivity index (χ1v) is 9.76. The Morgan fingerprint density at radius 3 is 2.96 bits per heavy atom. The van der Waals surface area contributed by atoms with Gasteiger partial charge in [-0.3, -0.25) is 4.90 Å². The minimum absolute atomic E-state index is 0.209. The van der Waals surface area contributed by atoms with Crippen LogP contribution in [0.1, 0.15) is 17.7 Å². The fraction of sp³-hybridized carbons (Fsp3) is 0.190. The molecule has 1 aromatic carbocycles. The highest BCUT2D eigenvalue weighted by Crippen LogP contribution is 2.30. The average molecular weight is 425 g/mol. The molecule has 0 atom stereocenters. The van der Waals surface area contributed by atoms with E-state index in [1.165, 1.54) is 17.2 Å². The molecule has 0 amide bonds. The fourth-order valence-electron chi connectivity index (χ4n) is 3.79. The van der Waals surface area contributed by atoms with E-state index in [-0.39, 0.29) is 5.82 Å². The minimum Gasteiger partial charge on any atom is -0.360 e. The summed E-state index contributed by atoms with van der Waals surface area (Å²) in [4.78, 5) is 10.3. The van der Waals surface area contributed by atoms with Crippen molar-refractivity contribution in [2.75, 3.05) is 13.1 Å². The predicted molar refractivity (Wildman–Crippen MR) is 109 cm³/mol. The lowest BCUT2D eigenvalue weighted by atomic mass is 9.99. The largest absolute Gasteiger partial charge is 0.360 e. The van der Waals surface area contributed by atoms with Crippen LogP contribution >= 0.6 is 15.9 Å². The van der Waals surface area contributed by atoms with Crippen molar-refractivity contribution in [3.63, 3.8) is 0 Å². The molecule has 0 bridgehead atoms. The molecule has 136 valence electrons. The van der Waals surface area contributed by atoms with Gasteiger partial charge in [-0.15, -0.1) is 0 Å². The maximum Gasteiger partial charge on any atom is 0.137 e. The average Bonchev–Trinajstić information content (AvgIpc) is 3.25. The first-order chi connectivity index (χ1) is 13.2. The zero-order chi connectivity index (χ0) is 18.4. The molecular weight excluding hydrogens is 407 g/mol. The van der Waals surface area contributed by atoms with Gasteiger partial charge < -0.3 is 9.38 Å². The maximum absolute atomic E-state index is 13.4. The van der Waals surface area contributed by atoms with Gasteiger partial charge in [-0.25, -0.2) is 9.37 Å². The Balaban J connectivity index is 1.34. The fourth-order valence-corrected chi connectivity index (χ4v) is 4.14. The second kappa shape index (κ2) is 6.62. The molecule has 1 aliphatic heterocycles. The summed E-state index contributed by atoms with van der Waals surface area (Å²) in [6.45, 7) is 2.71. The van der Waals surface area contributed by atoms with E-state index < -0.39 is 0 Å². The lowest BCUT2D eigenvalue weighted by Crippen LogP contribution is -2.28. The van der Waals surface area contributed by atoms with Crippen molar-refractivity contribution in [1.82, 2.24) is 19.3 Å². The van der Waals surface area contributed by atoms with E-state index in [0.717, 1.165) is 52.8 Å². The Hall–Kier alpha value is -2.44. The van der Waals surface area contributed by atoms with Crippen LogP contribution < -0.4 is 0 Å². The number of aromatic nitrogens is 3. The van der Waals surface area contributed by atoms with E-state index in [2.05, 4.69) is 42.5 Å². The van der Waals surface area contributed by atoms with E-state index in [0.29, 0.717) is 0 Å². The summed E-state index contributed by atoms with van der Waals surface area (Å²) < 4.78 is 16.5. The van der Waals surface area contributed by atoms with Gasteiger partial charge in [0.2, 0.25) is 0 Å². The molecule has 0 spiro atoms. The Kier molecular flexibility index (Phi) is 4.10. The van der Waals surface area contributed by atoms with Crippen LogP contribution in [0.4, 0.5) is 4.39 Å². The summed E-state index contributed by atoms with van der Waals surface area (Å²) in [6, 6.07) is 8.96. The van der Waals surface area contributed by atoms with Gasteiger partial charge in [0.05, 0.1) is 5.69 Å². The van der Waals surface area contributed by atoms with Crippen LogP contribution in [0.2, 0.25) is 0 Å². The number of fused-ring (bicyclic) bond motifs is 2. The Bertz CT molecular complexity index is 1170. The highest BCUT2D eigenvalue weighted by atomic mass is 79.9. The molecule has 4 heterocycles. The van der Waals surface area contributed by atoms with Crippen LogP contribution in [0.5, 0.6) is 0 Å². The molecule has 4 aromatic rings. The second-order valence-electron chi connectivity index (χ2n) is 6.95. The molecule has 5 rings (SSSR count). The van der Waals surface area contributed by atoms with Gasteiger partial charge in [-0.05, 0) is 58.3 Å². The van der Waals surface area contributed by atoms with Gasteiger partial charge >= 0.3 is 0 Å². The van der Waals surface area contributed by atoms with E-state index in [9.17, 15) is 4.39 Å². The van der Waals surface area contributed by atoms with E-state index in [1.807, 2.05) is 30.6 Å². The lowest BCUT2D eigenvalue weighted by molar-refractivity contribution is 0.291. The number of imidazole rings is 1. The highest BCUT2D eigenvalue weighted by Gasteiger charge is 2.17. The van der Waals surface area contributed by atoms with Crippen molar-refractivity contribution in [3.05, 3.63) is 76.5 Å². The third-order valence-electron chi connectivity index (χ3n) is 5.13. The quantitative estimate of drug-likeness (QED) is 0.501. The van der Waals surface area contributed by atoms with Crippen molar-refractivity contribution in [2.45, 2.75) is 13.0 Å². The molecule has 0 aliphatic carbocycles. The molecule has 0 fully saturated rings. The van der Waals surface area contributed by atoms with E-state index in [4.69, 9.17) is 4.98 Å². The van der Waals surface area contributed by atoms with Gasteiger partial charge in [0.15, 0.2) is 0 Å². The number of H-pyrrole nitrogens is 1. The molecule has 1 aliphatic rings. The SMILES string of the molecule is Fc1ccc2c(C3=CCN(Cc4cn5cc(Br)ccc5n4)CC3)c[nH]c2c1. The monoisotopic (exact) mass is 424 g/mol. The zero-order valence-electron chi connectivity index (χ0n) is 14.6. The molecule has 3 aromatic heterocycles. The van der Waals surface area contributed by atoms with Gasteiger partial charge in [-0.2, -0.15) is 0 Å². The van der Waals surface area contributed by atoms with E-state index >= 15 is 0 Å². The minimum atomic E-state index is -0.209. The molecule has 6 heteroatoms. The lowest BCUT2D eigenvalue weighted by Gasteiger charge is -2.25. The van der Waals surface area contributed by atoms with Gasteiger partial charge in [0, 0.05) is 59.2 Å². The summed E-state index contributed by atoms with van der Waals surface area (Å²) in [5.74, 6) is -0.209. The molecule has 0 radical (unpaired) electrons. The number of nitrogens with one attached hydrogen (secondary N) is 1. The maximum atomic E-state index is 13.4. The number of hydrogen-bond acceptors (Lipinski definition) is 2. The molecule has 27 heavy (non-hydrogen) atoms. The number of hydrogen-bond donors (Lipinski definition) is 1. The van der Waals surface area contributed by atoms with Crippen LogP contribution in [0.3, 0.4) is 0 Å². The van der Waals surface area contributed by atoms with Crippen LogP contribution in [-0.2, 0) is 6.54 Å². The number of pyridine rings is 1. The zero-order valence-corrected chi connectivity index (χ0v) is 16.2. The van der Waals surface area contributed by atoms with Crippen LogP contribution in [0, 0.1) is 5.82 Å². The molecule has 0 unspecified atom stereocenters. The molecular formula is C21H18BrFN4. The number of benzene rings is 1. The molecule has 0 saturated heterocycles. The predicted octanol–water partition coefficient (Wildman–Crippen LogP) is 5.01. The topological polar surface area (TPSA) is 36.3 Å². The first kappa shape index (κ1) is 16.7. The summed E-state index contributed by atoms with van der Waals surface area (Å²) in [7, 11) is 0. The molecule has 0 saturated carbocycles. The molecule has 4 nitrogen and oxygen atoms in total. The van der Waals surface area contributed by atoms with Crippen molar-refractivity contribution >= 4 is 38.1 Å². The number of nitrogens with zero attached hydrogens (tertiary/aromatic N) is 3. The van der Waals surface area contributed by atoms with E-state index in [1.54, 1.807) is 6.07 Å². The first-order valence-electron chi connectivity index (χ1n) is 8.97. The van der Waals surface area contributed by atoms with Gasteiger partial charge in [-0.1, -0.05) is 6.08 Å². The second-order valence-corrected chi connectivity index (χ2v) is 7.87. The molecule has 1 N–H and O–H groups in total. The summed E-state index contributed by atoms with van der Waals surface area (Å²) in [6.07, 6.45) is 9.37. The number of aromatic amines is 1. The Labute approximate surface area is 164 Å². The van der Waals surface area contributed by atoms with Crippen molar-refractivity contribution < 1.29 is 4.39 Å². The number of halogens is 2. The summed E-state index contributed by atoms with van der Waals surface area (Å²) in [5, 5.41) is 1.09. The Morgan fingerprint density at radius 1 is 1.19 bits per heavy atom. The third kappa shape index (κ3) is 3.19. The van der Waals surface area contributed by atoms with Crippen LogP contribution in [-0.4, -0.2) is 32.4 Å². The highest BCUT2D eigenvalue weighted by molar-refractivity contribution is 9.10. The van der Waals surface area contributed by atoms with Crippen LogP contribution in [0.15, 0.2) is 59.5 Å². The summed E-state index contributed by atoms with van der Waals surface area (Å²) in [5.41, 5.74) is 5.40. The van der Waals surface area contributed by atoms with Crippen molar-refractivity contribution in [1.29, 1.82) is 0 Å². The standard InChI is InChI=1S/C21H18BrFN4/c22-15-1-4-21-25-17(13-27(21)11-15)12-26-7-5-14(6-8-26)19-10-24-20-9-16(23)2-3-18(19)20/h1-5,9-11,13,24H,6-8,12H2. The Morgan fingerprint density at radius 2 is 2.11 bits per heavy atom. The van der Waals surface area contributed by atoms with Crippen LogP contribution in [0.25, 0.3) is 22.1 Å². The number of rotatable bonds is 3. The van der Waals surface area contributed by atoms with Gasteiger partial charge in [0.25, 0.3) is 0 Å². The smallest absolute Gasteiger partial charge is 0.137 e. The van der Waals surface area contributed by atoms with Gasteiger partial charge in [0.1, 0.15) is 11.5 Å².